The van der Waals surface area contributed by atoms with E-state index in [1.807, 2.05) is 78.2 Å². The predicted molar refractivity (Wildman–Crippen MR) is 89.1 cm³/mol. The summed E-state index contributed by atoms with van der Waals surface area (Å²) in [4.78, 5) is 0.918. The molecule has 3 rings (SSSR count). The molecular formula is C17H16N2OS. The summed E-state index contributed by atoms with van der Waals surface area (Å²) in [5.74, 6) is 6.69. The second-order valence-corrected chi connectivity index (χ2v) is 4.94. The maximum absolute atomic E-state index is 5.67. The second kappa shape index (κ2) is 8.55. The van der Waals surface area contributed by atoms with Gasteiger partial charge in [-0.1, -0.05) is 54.6 Å². The Bertz CT molecular complexity index is 624. The van der Waals surface area contributed by atoms with Crippen LogP contribution in [-0.2, 0) is 0 Å². The van der Waals surface area contributed by atoms with Crippen molar-refractivity contribution in [3.05, 3.63) is 83.1 Å². The zero-order chi connectivity index (χ0) is 14.8. The Labute approximate surface area is 128 Å². The fourth-order valence-electron chi connectivity index (χ4n) is 1.56. The average Bonchev–Trinajstić information content (AvgIpc) is 2.98. The molecule has 0 radical (unpaired) electrons. The largest absolute Gasteiger partial charge is 0.456 e. The Kier molecular flexibility index (Phi) is 6.03. The number of hydrazone groups is 1. The Morgan fingerprint density at radius 1 is 0.857 bits per heavy atom. The van der Waals surface area contributed by atoms with Crippen molar-refractivity contribution in [2.75, 3.05) is 0 Å². The number of rotatable bonds is 3. The van der Waals surface area contributed by atoms with Crippen molar-refractivity contribution in [2.45, 2.75) is 0 Å². The molecule has 0 atom stereocenters. The zero-order valence-corrected chi connectivity index (χ0v) is 12.2. The molecule has 0 fully saturated rings. The van der Waals surface area contributed by atoms with Crippen LogP contribution in [0.4, 0.5) is 0 Å². The van der Waals surface area contributed by atoms with E-state index in [9.17, 15) is 0 Å². The highest BCUT2D eigenvalue weighted by Gasteiger charge is 2.03. The van der Waals surface area contributed by atoms with Gasteiger partial charge in [0, 0.05) is 0 Å². The van der Waals surface area contributed by atoms with E-state index in [0.717, 1.165) is 16.4 Å². The predicted octanol–water partition coefficient (Wildman–Crippen LogP) is 4.52. The van der Waals surface area contributed by atoms with Gasteiger partial charge in [0.05, 0.1) is 11.1 Å². The van der Waals surface area contributed by atoms with E-state index in [-0.39, 0.29) is 0 Å². The van der Waals surface area contributed by atoms with Gasteiger partial charge in [0.2, 0.25) is 0 Å². The van der Waals surface area contributed by atoms with Crippen LogP contribution < -0.4 is 10.6 Å². The van der Waals surface area contributed by atoms with Crippen LogP contribution in [-0.4, -0.2) is 6.21 Å². The Balaban J connectivity index is 0.000000225. The number of nitrogens with zero attached hydrogens (tertiary/aromatic N) is 1. The molecule has 3 aromatic rings. The number of ether oxygens (including phenoxy) is 1. The van der Waals surface area contributed by atoms with E-state index in [4.69, 9.17) is 10.6 Å². The van der Waals surface area contributed by atoms with Gasteiger partial charge in [-0.15, -0.1) is 11.3 Å². The van der Waals surface area contributed by atoms with E-state index < -0.39 is 0 Å². The van der Waals surface area contributed by atoms with Gasteiger partial charge in [-0.3, -0.25) is 0 Å². The molecule has 0 amide bonds. The molecule has 1 heterocycles. The summed E-state index contributed by atoms with van der Waals surface area (Å²) in [5.41, 5.74) is 0. The standard InChI is InChI=1S/C11H10N2OS.C6H6/c12-13-8-11-10(6-7-15-11)14-9-4-2-1-3-5-9;1-2-4-6-5-3-1/h1-8H,12H2;1-6H. The minimum atomic E-state index is 0.778. The molecule has 0 aliphatic heterocycles. The van der Waals surface area contributed by atoms with Crippen molar-refractivity contribution in [1.82, 2.24) is 0 Å². The molecule has 0 spiro atoms. The quantitative estimate of drug-likeness (QED) is 0.439. The first-order chi connectivity index (χ1) is 10.4. The smallest absolute Gasteiger partial charge is 0.147 e. The van der Waals surface area contributed by atoms with Crippen molar-refractivity contribution in [1.29, 1.82) is 0 Å². The molecular weight excluding hydrogens is 280 g/mol. The zero-order valence-electron chi connectivity index (χ0n) is 11.4. The van der Waals surface area contributed by atoms with Crippen molar-refractivity contribution >= 4 is 17.6 Å². The molecule has 0 aliphatic rings. The maximum Gasteiger partial charge on any atom is 0.147 e. The van der Waals surface area contributed by atoms with Crippen LogP contribution in [0.1, 0.15) is 4.88 Å². The number of hydrogen-bond acceptors (Lipinski definition) is 4. The summed E-state index contributed by atoms with van der Waals surface area (Å²) in [6.07, 6.45) is 1.59. The van der Waals surface area contributed by atoms with Gasteiger partial charge in [0.1, 0.15) is 11.5 Å². The lowest BCUT2D eigenvalue weighted by atomic mass is 10.3. The van der Waals surface area contributed by atoms with Gasteiger partial charge < -0.3 is 10.6 Å². The van der Waals surface area contributed by atoms with E-state index in [0.29, 0.717) is 0 Å². The van der Waals surface area contributed by atoms with Gasteiger partial charge in [-0.25, -0.2) is 0 Å². The summed E-state index contributed by atoms with van der Waals surface area (Å²) >= 11 is 1.54. The molecule has 0 aliphatic carbocycles. The Morgan fingerprint density at radius 3 is 2.00 bits per heavy atom. The number of nitrogens with two attached hydrogens (primary N) is 1. The maximum atomic E-state index is 5.67. The second-order valence-electron chi connectivity index (χ2n) is 4.00. The highest BCUT2D eigenvalue weighted by atomic mass is 32.1. The van der Waals surface area contributed by atoms with Crippen molar-refractivity contribution in [2.24, 2.45) is 10.9 Å². The molecule has 2 N–H and O–H groups in total. The van der Waals surface area contributed by atoms with E-state index >= 15 is 0 Å². The van der Waals surface area contributed by atoms with Crippen LogP contribution in [0, 0.1) is 0 Å². The van der Waals surface area contributed by atoms with Crippen LogP contribution in [0.25, 0.3) is 0 Å². The molecule has 0 saturated carbocycles. The van der Waals surface area contributed by atoms with Gasteiger partial charge >= 0.3 is 0 Å². The highest BCUT2D eigenvalue weighted by Crippen LogP contribution is 2.27. The van der Waals surface area contributed by atoms with E-state index in [1.54, 1.807) is 6.21 Å². The van der Waals surface area contributed by atoms with E-state index in [1.165, 1.54) is 11.3 Å². The van der Waals surface area contributed by atoms with Crippen LogP contribution in [0.3, 0.4) is 0 Å². The number of thiophene rings is 1. The first kappa shape index (κ1) is 14.8. The third kappa shape index (κ3) is 5.12. The summed E-state index contributed by atoms with van der Waals surface area (Å²) in [7, 11) is 0. The Hall–Kier alpha value is -2.59. The van der Waals surface area contributed by atoms with Crippen LogP contribution in [0.2, 0.25) is 0 Å². The van der Waals surface area contributed by atoms with Crippen molar-refractivity contribution < 1.29 is 4.74 Å². The molecule has 3 nitrogen and oxygen atoms in total. The number of benzene rings is 2. The monoisotopic (exact) mass is 296 g/mol. The highest BCUT2D eigenvalue weighted by molar-refractivity contribution is 7.12. The average molecular weight is 296 g/mol. The molecule has 21 heavy (non-hydrogen) atoms. The van der Waals surface area contributed by atoms with Crippen molar-refractivity contribution in [3.63, 3.8) is 0 Å². The SMILES string of the molecule is NN=Cc1sccc1Oc1ccccc1.c1ccccc1. The lowest BCUT2D eigenvalue weighted by Gasteiger charge is -2.03. The van der Waals surface area contributed by atoms with Gasteiger partial charge in [0.15, 0.2) is 0 Å². The lowest BCUT2D eigenvalue weighted by molar-refractivity contribution is 0.484. The molecule has 106 valence electrons. The van der Waals surface area contributed by atoms with Gasteiger partial charge in [0.25, 0.3) is 0 Å². The van der Waals surface area contributed by atoms with Gasteiger partial charge in [-0.05, 0) is 23.6 Å². The third-order valence-corrected chi connectivity index (χ3v) is 3.32. The minimum Gasteiger partial charge on any atom is -0.456 e. The fourth-order valence-corrected chi connectivity index (χ4v) is 2.24. The van der Waals surface area contributed by atoms with Crippen molar-refractivity contribution in [3.8, 4) is 11.5 Å². The fraction of sp³-hybridized carbons (Fsp3) is 0. The third-order valence-electron chi connectivity index (χ3n) is 2.49. The number of para-hydroxylation sites is 1. The molecule has 0 unspecified atom stereocenters. The minimum absolute atomic E-state index is 0.778. The normalized spacial score (nSPS) is 9.90. The molecule has 2 aromatic carbocycles. The van der Waals surface area contributed by atoms with Crippen LogP contribution >= 0.6 is 11.3 Å². The van der Waals surface area contributed by atoms with Crippen LogP contribution in [0.15, 0.2) is 83.3 Å². The topological polar surface area (TPSA) is 47.6 Å². The summed E-state index contributed by atoms with van der Waals surface area (Å²) in [5, 5.41) is 5.43. The van der Waals surface area contributed by atoms with Crippen LogP contribution in [0.5, 0.6) is 11.5 Å². The molecule has 1 aromatic heterocycles. The molecule has 0 saturated heterocycles. The Morgan fingerprint density at radius 2 is 1.43 bits per heavy atom. The summed E-state index contributed by atoms with van der Waals surface area (Å²) in [6, 6.07) is 23.5. The first-order valence-electron chi connectivity index (χ1n) is 6.44. The molecule has 4 heteroatoms. The van der Waals surface area contributed by atoms with Gasteiger partial charge in [-0.2, -0.15) is 5.10 Å². The summed E-state index contributed by atoms with van der Waals surface area (Å²) < 4.78 is 5.67. The first-order valence-corrected chi connectivity index (χ1v) is 7.32. The lowest BCUT2D eigenvalue weighted by Crippen LogP contribution is -1.87. The number of hydrogen-bond donors (Lipinski definition) is 1. The molecule has 0 bridgehead atoms. The summed E-state index contributed by atoms with van der Waals surface area (Å²) in [6.45, 7) is 0. The van der Waals surface area contributed by atoms with E-state index in [2.05, 4.69) is 5.10 Å².